The van der Waals surface area contributed by atoms with Crippen molar-refractivity contribution in [3.8, 4) is 0 Å². The molecule has 0 amide bonds. The predicted molar refractivity (Wildman–Crippen MR) is 64.8 cm³/mol. The molecule has 100 valence electrons. The Balaban J connectivity index is 3.45. The van der Waals surface area contributed by atoms with Crippen molar-refractivity contribution in [1.29, 1.82) is 0 Å². The van der Waals surface area contributed by atoms with Gasteiger partial charge in [-0.15, -0.1) is 0 Å². The first kappa shape index (κ1) is 14.8. The van der Waals surface area contributed by atoms with Crippen LogP contribution in [0, 0.1) is 11.6 Å². The fraction of sp³-hybridized carbons (Fsp3) is 0.333. The molecule has 0 aliphatic heterocycles. The maximum Gasteiger partial charge on any atom is 0.153 e. The number of rotatable bonds is 4. The summed E-state index contributed by atoms with van der Waals surface area (Å²) in [7, 11) is -3.63. The Morgan fingerprint density at radius 2 is 2.00 bits per heavy atom. The SMILES string of the molecule is C=C[C@](O)(c1ccc(F)cc1F)[C@@H](C)S(C)(=O)=O. The summed E-state index contributed by atoms with van der Waals surface area (Å²) in [4.78, 5) is 0. The van der Waals surface area contributed by atoms with E-state index in [1.807, 2.05) is 0 Å². The topological polar surface area (TPSA) is 54.4 Å². The van der Waals surface area contributed by atoms with Crippen LogP contribution in [0.25, 0.3) is 0 Å². The lowest BCUT2D eigenvalue weighted by Crippen LogP contribution is -2.41. The lowest BCUT2D eigenvalue weighted by Gasteiger charge is -2.30. The Kier molecular flexibility index (Phi) is 3.92. The van der Waals surface area contributed by atoms with Crippen LogP contribution >= 0.6 is 0 Å². The highest BCUT2D eigenvalue weighted by molar-refractivity contribution is 7.91. The summed E-state index contributed by atoms with van der Waals surface area (Å²) in [5.74, 6) is -1.83. The number of hydrogen-bond donors (Lipinski definition) is 1. The van der Waals surface area contributed by atoms with Crippen molar-refractivity contribution in [3.05, 3.63) is 48.1 Å². The van der Waals surface area contributed by atoms with Crippen LogP contribution in [0.2, 0.25) is 0 Å². The van der Waals surface area contributed by atoms with E-state index in [9.17, 15) is 22.3 Å². The molecule has 0 fully saturated rings. The van der Waals surface area contributed by atoms with Gasteiger partial charge in [0.2, 0.25) is 0 Å². The predicted octanol–water partition coefficient (Wildman–Crippen LogP) is 1.77. The van der Waals surface area contributed by atoms with Crippen molar-refractivity contribution < 1.29 is 22.3 Å². The zero-order chi connectivity index (χ0) is 14.1. The van der Waals surface area contributed by atoms with E-state index in [1.54, 1.807) is 0 Å². The molecule has 3 nitrogen and oxygen atoms in total. The quantitative estimate of drug-likeness (QED) is 0.853. The maximum atomic E-state index is 13.6. The number of sulfone groups is 1. The van der Waals surface area contributed by atoms with Crippen LogP contribution in [0.1, 0.15) is 12.5 Å². The summed E-state index contributed by atoms with van der Waals surface area (Å²) in [6.07, 6.45) is 1.86. The molecule has 0 spiro atoms. The maximum absolute atomic E-state index is 13.6. The Bertz CT molecular complexity index is 569. The molecule has 0 aliphatic carbocycles. The van der Waals surface area contributed by atoms with Gasteiger partial charge in [-0.1, -0.05) is 12.7 Å². The Morgan fingerprint density at radius 3 is 2.39 bits per heavy atom. The standard InChI is InChI=1S/C12H14F2O3S/c1-4-12(15,8(2)18(3,16)17)10-6-5-9(13)7-11(10)14/h4-8,15H,1H2,2-3H3/t8-,12-/m1/s1. The third-order valence-electron chi connectivity index (χ3n) is 2.94. The summed E-state index contributed by atoms with van der Waals surface area (Å²) in [5, 5.41) is 9.00. The van der Waals surface area contributed by atoms with Crippen LogP contribution in [0.5, 0.6) is 0 Å². The molecule has 0 saturated carbocycles. The van der Waals surface area contributed by atoms with Gasteiger partial charge in [0.1, 0.15) is 17.2 Å². The molecule has 2 atom stereocenters. The second-order valence-electron chi connectivity index (χ2n) is 4.13. The van der Waals surface area contributed by atoms with E-state index >= 15 is 0 Å². The first-order chi connectivity index (χ1) is 8.13. The average molecular weight is 276 g/mol. The fourth-order valence-electron chi connectivity index (χ4n) is 1.64. The minimum absolute atomic E-state index is 0.322. The smallest absolute Gasteiger partial charge is 0.153 e. The number of benzene rings is 1. The monoisotopic (exact) mass is 276 g/mol. The van der Waals surface area contributed by atoms with Crippen LogP contribution < -0.4 is 0 Å². The summed E-state index contributed by atoms with van der Waals surface area (Å²) in [6.45, 7) is 4.57. The second kappa shape index (κ2) is 4.78. The molecule has 6 heteroatoms. The van der Waals surface area contributed by atoms with Crippen LogP contribution in [0.15, 0.2) is 30.9 Å². The normalized spacial score (nSPS) is 16.9. The summed E-state index contributed by atoms with van der Waals surface area (Å²) in [6, 6.07) is 2.54. The van der Waals surface area contributed by atoms with E-state index in [4.69, 9.17) is 0 Å². The zero-order valence-corrected chi connectivity index (χ0v) is 10.8. The first-order valence-corrected chi connectivity index (χ1v) is 7.08. The Morgan fingerprint density at radius 1 is 1.44 bits per heavy atom. The van der Waals surface area contributed by atoms with Gasteiger partial charge >= 0.3 is 0 Å². The van der Waals surface area contributed by atoms with E-state index in [-0.39, 0.29) is 5.56 Å². The highest BCUT2D eigenvalue weighted by atomic mass is 32.2. The molecule has 0 saturated heterocycles. The molecule has 18 heavy (non-hydrogen) atoms. The highest BCUT2D eigenvalue weighted by Gasteiger charge is 2.40. The third kappa shape index (κ3) is 2.59. The van der Waals surface area contributed by atoms with Gasteiger partial charge in [-0.3, -0.25) is 0 Å². The van der Waals surface area contributed by atoms with Gasteiger partial charge in [-0.2, -0.15) is 0 Å². The Hall–Kier alpha value is -1.27. The molecule has 1 rings (SSSR count). The van der Waals surface area contributed by atoms with Crippen LogP contribution in [-0.2, 0) is 15.4 Å². The van der Waals surface area contributed by atoms with Gasteiger partial charge in [0.15, 0.2) is 9.84 Å². The minimum Gasteiger partial charge on any atom is -0.380 e. The van der Waals surface area contributed by atoms with E-state index in [1.165, 1.54) is 6.92 Å². The molecule has 0 unspecified atom stereocenters. The number of halogens is 2. The molecular weight excluding hydrogens is 262 g/mol. The molecule has 0 aliphatic rings. The summed E-state index contributed by atoms with van der Waals surface area (Å²) in [5.41, 5.74) is -2.43. The van der Waals surface area contributed by atoms with Gasteiger partial charge in [-0.05, 0) is 19.1 Å². The van der Waals surface area contributed by atoms with Crippen LogP contribution in [0.4, 0.5) is 8.78 Å². The summed E-state index contributed by atoms with van der Waals surface area (Å²) >= 11 is 0. The summed E-state index contributed by atoms with van der Waals surface area (Å²) < 4.78 is 49.4. The van der Waals surface area contributed by atoms with Crippen LogP contribution in [0.3, 0.4) is 0 Å². The van der Waals surface area contributed by atoms with Gasteiger partial charge in [0, 0.05) is 17.9 Å². The molecular formula is C12H14F2O3S. The highest BCUT2D eigenvalue weighted by Crippen LogP contribution is 2.32. The van der Waals surface area contributed by atoms with Crippen molar-refractivity contribution in [3.63, 3.8) is 0 Å². The lowest BCUT2D eigenvalue weighted by atomic mass is 9.90. The van der Waals surface area contributed by atoms with Crippen molar-refractivity contribution in [1.82, 2.24) is 0 Å². The van der Waals surface area contributed by atoms with E-state index in [0.717, 1.165) is 24.5 Å². The average Bonchev–Trinajstić information content (AvgIpc) is 2.25. The molecule has 0 bridgehead atoms. The van der Waals surface area contributed by atoms with E-state index in [2.05, 4.69) is 6.58 Å². The van der Waals surface area contributed by atoms with Crippen molar-refractivity contribution in [2.24, 2.45) is 0 Å². The lowest BCUT2D eigenvalue weighted by molar-refractivity contribution is 0.0847. The van der Waals surface area contributed by atoms with Crippen LogP contribution in [-0.4, -0.2) is 25.0 Å². The minimum atomic E-state index is -3.63. The Labute approximate surface area is 105 Å². The van der Waals surface area contributed by atoms with Crippen molar-refractivity contribution in [2.45, 2.75) is 17.8 Å². The first-order valence-electron chi connectivity index (χ1n) is 5.13. The third-order valence-corrected chi connectivity index (χ3v) is 4.58. The van der Waals surface area contributed by atoms with Crippen molar-refractivity contribution in [2.75, 3.05) is 6.26 Å². The fourth-order valence-corrected chi connectivity index (χ4v) is 2.51. The second-order valence-corrected chi connectivity index (χ2v) is 6.49. The van der Waals surface area contributed by atoms with E-state index in [0.29, 0.717) is 6.07 Å². The van der Waals surface area contributed by atoms with Gasteiger partial charge in [0.25, 0.3) is 0 Å². The molecule has 0 heterocycles. The van der Waals surface area contributed by atoms with Gasteiger partial charge < -0.3 is 5.11 Å². The zero-order valence-electron chi connectivity index (χ0n) is 10.0. The molecule has 1 aromatic rings. The molecule has 0 aromatic heterocycles. The van der Waals surface area contributed by atoms with Crippen molar-refractivity contribution >= 4 is 9.84 Å². The largest absolute Gasteiger partial charge is 0.380 e. The number of aliphatic hydroxyl groups is 1. The van der Waals surface area contributed by atoms with Gasteiger partial charge in [-0.25, -0.2) is 17.2 Å². The molecule has 1 N–H and O–H groups in total. The number of hydrogen-bond acceptors (Lipinski definition) is 3. The molecule has 1 aromatic carbocycles. The van der Waals surface area contributed by atoms with E-state index < -0.39 is 32.3 Å². The molecule has 0 radical (unpaired) electrons. The van der Waals surface area contributed by atoms with Gasteiger partial charge in [0.05, 0.1) is 5.25 Å².